The second kappa shape index (κ2) is 4.67. The Morgan fingerprint density at radius 3 is 2.47 bits per heavy atom. The number of benzene rings is 1. The van der Waals surface area contributed by atoms with Gasteiger partial charge in [0.2, 0.25) is 0 Å². The zero-order valence-corrected chi connectivity index (χ0v) is 10.7. The molecule has 0 aromatic heterocycles. The van der Waals surface area contributed by atoms with Crippen molar-refractivity contribution in [1.29, 1.82) is 0 Å². The Morgan fingerprint density at radius 1 is 1.27 bits per heavy atom. The standard InChI is InChI=1S/C13H18BrN/c1-9-3-2-4-12(9)13(15)10-5-7-11(14)8-6-10/h5-9,12-13H,2-4,15H2,1H3. The van der Waals surface area contributed by atoms with Crippen LogP contribution in [0, 0.1) is 11.8 Å². The molecule has 1 aromatic carbocycles. The van der Waals surface area contributed by atoms with Gasteiger partial charge in [0.25, 0.3) is 0 Å². The molecule has 0 bridgehead atoms. The van der Waals surface area contributed by atoms with E-state index in [-0.39, 0.29) is 6.04 Å². The summed E-state index contributed by atoms with van der Waals surface area (Å²) in [4.78, 5) is 0. The molecule has 15 heavy (non-hydrogen) atoms. The highest BCUT2D eigenvalue weighted by Crippen LogP contribution is 2.38. The molecule has 1 aliphatic carbocycles. The van der Waals surface area contributed by atoms with Crippen LogP contribution in [0.2, 0.25) is 0 Å². The van der Waals surface area contributed by atoms with Crippen molar-refractivity contribution in [1.82, 2.24) is 0 Å². The normalized spacial score (nSPS) is 27.9. The van der Waals surface area contributed by atoms with Crippen molar-refractivity contribution in [2.45, 2.75) is 32.2 Å². The molecular formula is C13H18BrN. The fourth-order valence-corrected chi connectivity index (χ4v) is 2.90. The van der Waals surface area contributed by atoms with Crippen molar-refractivity contribution < 1.29 is 0 Å². The van der Waals surface area contributed by atoms with E-state index in [2.05, 4.69) is 47.1 Å². The average molecular weight is 268 g/mol. The van der Waals surface area contributed by atoms with Gasteiger partial charge in [-0.05, 0) is 36.0 Å². The van der Waals surface area contributed by atoms with Gasteiger partial charge < -0.3 is 5.73 Å². The third-order valence-corrected chi connectivity index (χ3v) is 4.17. The minimum absolute atomic E-state index is 0.218. The van der Waals surface area contributed by atoms with Crippen molar-refractivity contribution in [3.63, 3.8) is 0 Å². The van der Waals surface area contributed by atoms with E-state index in [9.17, 15) is 0 Å². The van der Waals surface area contributed by atoms with Gasteiger partial charge in [-0.1, -0.05) is 47.8 Å². The third kappa shape index (κ3) is 2.43. The molecule has 3 unspecified atom stereocenters. The van der Waals surface area contributed by atoms with E-state index in [0.29, 0.717) is 5.92 Å². The highest BCUT2D eigenvalue weighted by atomic mass is 79.9. The lowest BCUT2D eigenvalue weighted by atomic mass is 9.87. The van der Waals surface area contributed by atoms with Gasteiger partial charge in [0.1, 0.15) is 0 Å². The summed E-state index contributed by atoms with van der Waals surface area (Å²) in [6.45, 7) is 2.33. The molecule has 0 saturated heterocycles. The van der Waals surface area contributed by atoms with E-state index >= 15 is 0 Å². The first-order valence-corrected chi connectivity index (χ1v) is 6.49. The van der Waals surface area contributed by atoms with E-state index in [1.54, 1.807) is 0 Å². The van der Waals surface area contributed by atoms with Crippen LogP contribution in [0.3, 0.4) is 0 Å². The average Bonchev–Trinajstić information content (AvgIpc) is 2.65. The first-order valence-electron chi connectivity index (χ1n) is 5.69. The van der Waals surface area contributed by atoms with Crippen molar-refractivity contribution in [3.05, 3.63) is 34.3 Å². The van der Waals surface area contributed by atoms with Crippen LogP contribution in [-0.4, -0.2) is 0 Å². The Labute approximate surface area is 100 Å². The fraction of sp³-hybridized carbons (Fsp3) is 0.538. The molecule has 1 aromatic rings. The lowest BCUT2D eigenvalue weighted by Crippen LogP contribution is -2.23. The van der Waals surface area contributed by atoms with E-state index < -0.39 is 0 Å². The molecule has 1 saturated carbocycles. The van der Waals surface area contributed by atoms with E-state index in [4.69, 9.17) is 5.73 Å². The van der Waals surface area contributed by atoms with Crippen molar-refractivity contribution >= 4 is 15.9 Å². The second-order valence-electron chi connectivity index (χ2n) is 4.65. The van der Waals surface area contributed by atoms with Crippen LogP contribution in [0.1, 0.15) is 37.8 Å². The van der Waals surface area contributed by atoms with E-state index in [1.807, 2.05) is 0 Å². The van der Waals surface area contributed by atoms with Crippen molar-refractivity contribution in [2.75, 3.05) is 0 Å². The Morgan fingerprint density at radius 2 is 1.93 bits per heavy atom. The van der Waals surface area contributed by atoms with Crippen LogP contribution < -0.4 is 5.73 Å². The van der Waals surface area contributed by atoms with Gasteiger partial charge in [-0.2, -0.15) is 0 Å². The quantitative estimate of drug-likeness (QED) is 0.865. The lowest BCUT2D eigenvalue weighted by Gasteiger charge is -2.23. The van der Waals surface area contributed by atoms with Gasteiger partial charge in [0.05, 0.1) is 0 Å². The summed E-state index contributed by atoms with van der Waals surface area (Å²) in [7, 11) is 0. The van der Waals surface area contributed by atoms with Crippen LogP contribution in [0.5, 0.6) is 0 Å². The number of halogens is 1. The molecule has 3 atom stereocenters. The van der Waals surface area contributed by atoms with Crippen LogP contribution in [-0.2, 0) is 0 Å². The smallest absolute Gasteiger partial charge is 0.0326 e. The topological polar surface area (TPSA) is 26.0 Å². The Balaban J connectivity index is 2.13. The van der Waals surface area contributed by atoms with Gasteiger partial charge in [-0.15, -0.1) is 0 Å². The summed E-state index contributed by atoms with van der Waals surface area (Å²) >= 11 is 3.45. The number of hydrogen-bond acceptors (Lipinski definition) is 1. The summed E-state index contributed by atoms with van der Waals surface area (Å²) in [6, 6.07) is 8.65. The summed E-state index contributed by atoms with van der Waals surface area (Å²) in [5.41, 5.74) is 7.60. The lowest BCUT2D eigenvalue weighted by molar-refractivity contribution is 0.351. The second-order valence-corrected chi connectivity index (χ2v) is 5.57. The van der Waals surface area contributed by atoms with Crippen LogP contribution in [0.4, 0.5) is 0 Å². The van der Waals surface area contributed by atoms with E-state index in [1.165, 1.54) is 24.8 Å². The Kier molecular flexibility index (Phi) is 3.47. The van der Waals surface area contributed by atoms with Gasteiger partial charge in [0, 0.05) is 10.5 Å². The fourth-order valence-electron chi connectivity index (χ4n) is 2.64. The van der Waals surface area contributed by atoms with Gasteiger partial charge >= 0.3 is 0 Å². The molecular weight excluding hydrogens is 250 g/mol. The van der Waals surface area contributed by atoms with Crippen LogP contribution in [0.15, 0.2) is 28.7 Å². The monoisotopic (exact) mass is 267 g/mol. The summed E-state index contributed by atoms with van der Waals surface area (Å²) in [5, 5.41) is 0. The maximum absolute atomic E-state index is 6.33. The highest BCUT2D eigenvalue weighted by Gasteiger charge is 2.29. The summed E-state index contributed by atoms with van der Waals surface area (Å²) in [6.07, 6.45) is 3.98. The Bertz CT molecular complexity index is 320. The SMILES string of the molecule is CC1CCCC1C(N)c1ccc(Br)cc1. The largest absolute Gasteiger partial charge is 0.324 e. The third-order valence-electron chi connectivity index (χ3n) is 3.64. The van der Waals surface area contributed by atoms with Crippen LogP contribution in [0.25, 0.3) is 0 Å². The van der Waals surface area contributed by atoms with Gasteiger partial charge in [0.15, 0.2) is 0 Å². The minimum Gasteiger partial charge on any atom is -0.324 e. The highest BCUT2D eigenvalue weighted by molar-refractivity contribution is 9.10. The van der Waals surface area contributed by atoms with Crippen LogP contribution >= 0.6 is 15.9 Å². The predicted molar refractivity (Wildman–Crippen MR) is 67.6 cm³/mol. The van der Waals surface area contributed by atoms with E-state index in [0.717, 1.165) is 10.4 Å². The number of rotatable bonds is 2. The molecule has 82 valence electrons. The van der Waals surface area contributed by atoms with Crippen molar-refractivity contribution in [3.8, 4) is 0 Å². The minimum atomic E-state index is 0.218. The maximum atomic E-state index is 6.33. The maximum Gasteiger partial charge on any atom is 0.0326 e. The molecule has 0 aliphatic heterocycles. The summed E-state index contributed by atoms with van der Waals surface area (Å²) in [5.74, 6) is 1.45. The number of hydrogen-bond donors (Lipinski definition) is 1. The molecule has 0 amide bonds. The first-order chi connectivity index (χ1) is 7.18. The predicted octanol–water partition coefficient (Wildman–Crippen LogP) is 3.89. The zero-order chi connectivity index (χ0) is 10.8. The Hall–Kier alpha value is -0.340. The molecule has 1 fully saturated rings. The molecule has 0 heterocycles. The van der Waals surface area contributed by atoms with Gasteiger partial charge in [-0.3, -0.25) is 0 Å². The first kappa shape index (κ1) is 11.2. The zero-order valence-electron chi connectivity index (χ0n) is 9.12. The molecule has 0 spiro atoms. The molecule has 2 heteroatoms. The van der Waals surface area contributed by atoms with Crippen molar-refractivity contribution in [2.24, 2.45) is 17.6 Å². The summed E-state index contributed by atoms with van der Waals surface area (Å²) < 4.78 is 1.12. The molecule has 2 rings (SSSR count). The van der Waals surface area contributed by atoms with Gasteiger partial charge in [-0.25, -0.2) is 0 Å². The molecule has 1 aliphatic rings. The molecule has 1 nitrogen and oxygen atoms in total. The number of nitrogens with two attached hydrogens (primary N) is 1. The molecule has 2 N–H and O–H groups in total. The molecule has 0 radical (unpaired) electrons.